The number of esters is 1. The molecule has 12 nitrogen and oxygen atoms in total. The maximum Gasteiger partial charge on any atom is 0.387 e. The van der Waals surface area contributed by atoms with Gasteiger partial charge in [-0.1, -0.05) is 0 Å². The number of rotatable bonds is 10. The monoisotopic (exact) mass is 592 g/mol. The fourth-order valence-electron chi connectivity index (χ4n) is 5.09. The smallest absolute Gasteiger partial charge is 0.387 e. The lowest BCUT2D eigenvalue weighted by molar-refractivity contribution is -0.163. The molecule has 5 rings (SSSR count). The molecule has 2 saturated heterocycles. The maximum atomic E-state index is 13.8. The number of aromatic nitrogens is 1. The van der Waals surface area contributed by atoms with E-state index < -0.39 is 36.7 Å². The third-order valence-corrected chi connectivity index (χ3v) is 7.49. The molecular formula is C28H34F2N4O8. The number of amides is 2. The molecule has 14 heteroatoms. The highest BCUT2D eigenvalue weighted by molar-refractivity contribution is 5.98. The van der Waals surface area contributed by atoms with E-state index in [2.05, 4.69) is 9.72 Å². The Morgan fingerprint density at radius 2 is 1.95 bits per heavy atom. The summed E-state index contributed by atoms with van der Waals surface area (Å²) in [6.45, 7) is -0.245. The number of alkyl halides is 2. The van der Waals surface area contributed by atoms with Crippen molar-refractivity contribution < 1.29 is 46.5 Å². The van der Waals surface area contributed by atoms with Crippen LogP contribution in [0.5, 0.6) is 11.5 Å². The van der Waals surface area contributed by atoms with Crippen LogP contribution >= 0.6 is 0 Å². The Morgan fingerprint density at radius 3 is 2.64 bits per heavy atom. The first-order valence-electron chi connectivity index (χ1n) is 13.9. The summed E-state index contributed by atoms with van der Waals surface area (Å²) >= 11 is 0. The van der Waals surface area contributed by atoms with Crippen LogP contribution in [-0.4, -0.2) is 91.3 Å². The van der Waals surface area contributed by atoms with Crippen molar-refractivity contribution in [2.24, 2.45) is 11.7 Å². The normalized spacial score (nSPS) is 21.4. The lowest BCUT2D eigenvalue weighted by atomic mass is 10.1. The molecule has 3 fully saturated rings. The third-order valence-electron chi connectivity index (χ3n) is 7.49. The van der Waals surface area contributed by atoms with Gasteiger partial charge in [0.15, 0.2) is 29.1 Å². The molecule has 0 radical (unpaired) electrons. The number of hydrogen-bond acceptors (Lipinski definition) is 10. The first-order chi connectivity index (χ1) is 20.2. The predicted molar refractivity (Wildman–Crippen MR) is 142 cm³/mol. The summed E-state index contributed by atoms with van der Waals surface area (Å²) in [7, 11) is 1.25. The van der Waals surface area contributed by atoms with Gasteiger partial charge in [-0.3, -0.25) is 9.59 Å². The zero-order valence-electron chi connectivity index (χ0n) is 23.4. The van der Waals surface area contributed by atoms with E-state index in [4.69, 9.17) is 24.4 Å². The quantitative estimate of drug-likeness (QED) is 0.409. The molecular weight excluding hydrogens is 558 g/mol. The SMILES string of the molecule is COC(=O)C1CN(C(=O)[C@@H]2CCCN2C(=O)c2nc(-c3ccc(OC(F)F)c(OCC4CC4)c3)oc2[C@H](C)N)CCO1. The van der Waals surface area contributed by atoms with E-state index in [0.29, 0.717) is 37.5 Å². The number of morpholine rings is 1. The van der Waals surface area contributed by atoms with Crippen molar-refractivity contribution in [3.63, 3.8) is 0 Å². The molecule has 42 heavy (non-hydrogen) atoms. The number of nitrogens with zero attached hydrogens (tertiary/aromatic N) is 3. The number of carbonyl (C=O) groups is 3. The fourth-order valence-corrected chi connectivity index (χ4v) is 5.09. The van der Waals surface area contributed by atoms with E-state index >= 15 is 0 Å². The van der Waals surface area contributed by atoms with Gasteiger partial charge in [-0.15, -0.1) is 0 Å². The molecule has 1 unspecified atom stereocenters. The van der Waals surface area contributed by atoms with Gasteiger partial charge >= 0.3 is 12.6 Å². The minimum absolute atomic E-state index is 0.0274. The van der Waals surface area contributed by atoms with E-state index in [1.165, 1.54) is 35.1 Å². The van der Waals surface area contributed by atoms with Crippen LogP contribution in [-0.2, 0) is 19.1 Å². The second kappa shape index (κ2) is 12.6. The Labute approximate surface area is 241 Å². The Balaban J connectivity index is 1.38. The minimum Gasteiger partial charge on any atom is -0.489 e. The van der Waals surface area contributed by atoms with Crippen LogP contribution in [0.15, 0.2) is 22.6 Å². The fraction of sp³-hybridized carbons (Fsp3) is 0.571. The number of likely N-dealkylation sites (tertiary alicyclic amines) is 1. The predicted octanol–water partition coefficient (Wildman–Crippen LogP) is 2.76. The molecule has 1 aromatic carbocycles. The number of nitrogens with two attached hydrogens (primary N) is 1. The summed E-state index contributed by atoms with van der Waals surface area (Å²) in [5, 5.41) is 0. The van der Waals surface area contributed by atoms with Crippen molar-refractivity contribution in [3.05, 3.63) is 29.7 Å². The van der Waals surface area contributed by atoms with Crippen LogP contribution in [0.2, 0.25) is 0 Å². The van der Waals surface area contributed by atoms with Gasteiger partial charge in [-0.05, 0) is 56.7 Å². The first kappa shape index (κ1) is 29.7. The Kier molecular flexibility index (Phi) is 8.92. The first-order valence-corrected chi connectivity index (χ1v) is 13.9. The molecule has 1 aliphatic carbocycles. The van der Waals surface area contributed by atoms with Gasteiger partial charge in [0.25, 0.3) is 5.91 Å². The van der Waals surface area contributed by atoms with Gasteiger partial charge in [-0.2, -0.15) is 8.78 Å². The molecule has 0 spiro atoms. The van der Waals surface area contributed by atoms with E-state index in [0.717, 1.165) is 12.8 Å². The van der Waals surface area contributed by atoms with E-state index in [9.17, 15) is 23.2 Å². The van der Waals surface area contributed by atoms with Crippen LogP contribution in [0.1, 0.15) is 54.9 Å². The zero-order valence-corrected chi connectivity index (χ0v) is 23.4. The van der Waals surface area contributed by atoms with Crippen molar-refractivity contribution >= 4 is 17.8 Å². The van der Waals surface area contributed by atoms with Crippen molar-refractivity contribution in [3.8, 4) is 23.0 Å². The number of oxazole rings is 1. The molecule has 2 N–H and O–H groups in total. The van der Waals surface area contributed by atoms with Crippen LogP contribution in [0, 0.1) is 5.92 Å². The second-order valence-electron chi connectivity index (χ2n) is 10.6. The van der Waals surface area contributed by atoms with Gasteiger partial charge in [0, 0.05) is 18.7 Å². The number of benzene rings is 1. The molecule has 3 atom stereocenters. The maximum absolute atomic E-state index is 13.8. The highest BCUT2D eigenvalue weighted by Gasteiger charge is 2.41. The summed E-state index contributed by atoms with van der Waals surface area (Å²) in [5.74, 6) is -0.873. The van der Waals surface area contributed by atoms with E-state index in [1.54, 1.807) is 6.92 Å². The van der Waals surface area contributed by atoms with Gasteiger partial charge in [0.1, 0.15) is 6.04 Å². The molecule has 2 aliphatic heterocycles. The molecule has 2 aromatic rings. The lowest BCUT2D eigenvalue weighted by Crippen LogP contribution is -2.54. The molecule has 1 aromatic heterocycles. The summed E-state index contributed by atoms with van der Waals surface area (Å²) in [6.07, 6.45) is 2.15. The average Bonchev–Trinajstić information content (AvgIpc) is 3.48. The highest BCUT2D eigenvalue weighted by Crippen LogP contribution is 2.37. The van der Waals surface area contributed by atoms with Crippen LogP contribution in [0.3, 0.4) is 0 Å². The highest BCUT2D eigenvalue weighted by atomic mass is 19.3. The van der Waals surface area contributed by atoms with Crippen molar-refractivity contribution in [1.29, 1.82) is 0 Å². The van der Waals surface area contributed by atoms with Gasteiger partial charge in [0.05, 0.1) is 32.9 Å². The Morgan fingerprint density at radius 1 is 1.17 bits per heavy atom. The van der Waals surface area contributed by atoms with Gasteiger partial charge in [-0.25, -0.2) is 9.78 Å². The Hall–Kier alpha value is -3.78. The number of methoxy groups -OCH3 is 1. The van der Waals surface area contributed by atoms with E-state index in [-0.39, 0.29) is 54.4 Å². The van der Waals surface area contributed by atoms with E-state index in [1.807, 2.05) is 0 Å². The number of carbonyl (C=O) groups excluding carboxylic acids is 3. The molecule has 3 aliphatic rings. The van der Waals surface area contributed by atoms with Crippen molar-refractivity contribution in [2.75, 3.05) is 40.0 Å². The van der Waals surface area contributed by atoms with Crippen molar-refractivity contribution in [1.82, 2.24) is 14.8 Å². The van der Waals surface area contributed by atoms with Crippen LogP contribution in [0.25, 0.3) is 11.5 Å². The molecule has 3 heterocycles. The van der Waals surface area contributed by atoms with Crippen LogP contribution < -0.4 is 15.2 Å². The molecule has 1 saturated carbocycles. The number of hydrogen-bond donors (Lipinski definition) is 1. The second-order valence-corrected chi connectivity index (χ2v) is 10.6. The number of ether oxygens (including phenoxy) is 4. The summed E-state index contributed by atoms with van der Waals surface area (Å²) < 4.78 is 52.4. The van der Waals surface area contributed by atoms with Crippen LogP contribution in [0.4, 0.5) is 8.78 Å². The topological polar surface area (TPSA) is 147 Å². The largest absolute Gasteiger partial charge is 0.489 e. The molecule has 228 valence electrons. The minimum atomic E-state index is -3.03. The standard InChI is InChI=1S/C28H34F2N4O8/c1-15(31)23-22(26(36)34-9-3-4-18(34)25(35)33-10-11-39-21(13-33)27(37)38-2)32-24(42-23)17-7-8-19(41-28(29)30)20(12-17)40-14-16-5-6-16/h7-8,12,15-16,18,21,28H,3-6,9-11,13-14,31H2,1-2H3/t15-,18-,21?/m0/s1. The third kappa shape index (κ3) is 6.49. The van der Waals surface area contributed by atoms with Gasteiger partial charge in [0.2, 0.25) is 11.8 Å². The van der Waals surface area contributed by atoms with Gasteiger partial charge < -0.3 is 38.9 Å². The lowest BCUT2D eigenvalue weighted by Gasteiger charge is -2.35. The summed E-state index contributed by atoms with van der Waals surface area (Å²) in [5.41, 5.74) is 6.48. The van der Waals surface area contributed by atoms with Crippen molar-refractivity contribution in [2.45, 2.75) is 57.4 Å². The Bertz CT molecular complexity index is 1310. The summed E-state index contributed by atoms with van der Waals surface area (Å²) in [4.78, 5) is 46.7. The summed E-state index contributed by atoms with van der Waals surface area (Å²) in [6, 6.07) is 2.81. The zero-order chi connectivity index (χ0) is 30.0. The number of halogens is 2. The molecule has 0 bridgehead atoms. The average molecular weight is 593 g/mol. The molecule has 2 amide bonds.